The molecule has 4 nitrogen and oxygen atoms in total. The number of furan rings is 1. The molecule has 3 rings (SSSR count). The maximum Gasteiger partial charge on any atom is 0.289 e. The van der Waals surface area contributed by atoms with Gasteiger partial charge in [0.25, 0.3) is 5.91 Å². The van der Waals surface area contributed by atoms with Crippen LogP contribution in [0.25, 0.3) is 0 Å². The fraction of sp³-hybridized carbons (Fsp3) is 0.688. The first kappa shape index (κ1) is 13.7. The van der Waals surface area contributed by atoms with E-state index in [9.17, 15) is 4.79 Å². The van der Waals surface area contributed by atoms with Crippen molar-refractivity contribution in [1.82, 2.24) is 10.2 Å². The van der Waals surface area contributed by atoms with Crippen molar-refractivity contribution >= 4 is 5.91 Å². The Balaban J connectivity index is 1.73. The van der Waals surface area contributed by atoms with Crippen molar-refractivity contribution in [3.63, 3.8) is 0 Å². The number of amides is 1. The number of aryl methyl sites for hydroxylation is 2. The van der Waals surface area contributed by atoms with E-state index in [-0.39, 0.29) is 5.91 Å². The maximum absolute atomic E-state index is 12.7. The lowest BCUT2D eigenvalue weighted by Gasteiger charge is -2.25. The van der Waals surface area contributed by atoms with Gasteiger partial charge in [0, 0.05) is 25.0 Å². The third kappa shape index (κ3) is 2.75. The minimum Gasteiger partial charge on any atom is -0.456 e. The molecule has 1 amide bonds. The van der Waals surface area contributed by atoms with Gasteiger partial charge in [0.15, 0.2) is 5.76 Å². The van der Waals surface area contributed by atoms with E-state index in [1.165, 1.54) is 12.8 Å². The summed E-state index contributed by atoms with van der Waals surface area (Å²) in [4.78, 5) is 14.7. The van der Waals surface area contributed by atoms with Gasteiger partial charge in [-0.2, -0.15) is 0 Å². The Morgan fingerprint density at radius 3 is 2.80 bits per heavy atom. The smallest absolute Gasteiger partial charge is 0.289 e. The number of nitrogens with zero attached hydrogens (tertiary/aromatic N) is 1. The number of carbonyl (C=O) groups is 1. The van der Waals surface area contributed by atoms with Crippen LogP contribution in [0.4, 0.5) is 0 Å². The Bertz CT molecular complexity index is 485. The van der Waals surface area contributed by atoms with Crippen LogP contribution in [-0.2, 0) is 6.42 Å². The molecule has 0 bridgehead atoms. The molecular formula is C16H24N2O2. The topological polar surface area (TPSA) is 45.5 Å². The molecule has 0 aromatic carbocycles. The minimum absolute atomic E-state index is 0.0731. The Morgan fingerprint density at radius 2 is 2.25 bits per heavy atom. The van der Waals surface area contributed by atoms with Crippen molar-refractivity contribution in [3.8, 4) is 0 Å². The summed E-state index contributed by atoms with van der Waals surface area (Å²) in [5.74, 6) is 1.52. The summed E-state index contributed by atoms with van der Waals surface area (Å²) in [6, 6.07) is 2.79. The molecule has 1 atom stereocenters. The molecule has 0 unspecified atom stereocenters. The van der Waals surface area contributed by atoms with Gasteiger partial charge in [-0.15, -0.1) is 0 Å². The highest BCUT2D eigenvalue weighted by Gasteiger charge is 2.36. The maximum atomic E-state index is 12.7. The second kappa shape index (κ2) is 5.60. The molecular weight excluding hydrogens is 252 g/mol. The Labute approximate surface area is 120 Å². The molecule has 1 aliphatic carbocycles. The average molecular weight is 276 g/mol. The van der Waals surface area contributed by atoms with Crippen molar-refractivity contribution in [3.05, 3.63) is 23.2 Å². The second-order valence-electron chi connectivity index (χ2n) is 6.05. The van der Waals surface area contributed by atoms with E-state index in [1.807, 2.05) is 17.9 Å². The molecule has 0 spiro atoms. The zero-order valence-corrected chi connectivity index (χ0v) is 12.4. The van der Waals surface area contributed by atoms with Crippen LogP contribution in [0.3, 0.4) is 0 Å². The summed E-state index contributed by atoms with van der Waals surface area (Å²) in [6.07, 6.45) is 5.51. The SMILES string of the molecule is CCc1oc(C(=O)N(C[C@H]2CCCN2)C2CC2)cc1C. The Kier molecular flexibility index (Phi) is 3.83. The number of hydrogen-bond acceptors (Lipinski definition) is 3. The van der Waals surface area contributed by atoms with Gasteiger partial charge in [-0.3, -0.25) is 4.79 Å². The van der Waals surface area contributed by atoms with Crippen molar-refractivity contribution in [1.29, 1.82) is 0 Å². The van der Waals surface area contributed by atoms with Gasteiger partial charge in [-0.25, -0.2) is 0 Å². The first-order chi connectivity index (χ1) is 9.69. The monoisotopic (exact) mass is 276 g/mol. The zero-order chi connectivity index (χ0) is 14.1. The second-order valence-corrected chi connectivity index (χ2v) is 6.05. The number of rotatable bonds is 5. The van der Waals surface area contributed by atoms with E-state index in [1.54, 1.807) is 0 Å². The molecule has 1 saturated heterocycles. The first-order valence-electron chi connectivity index (χ1n) is 7.82. The van der Waals surface area contributed by atoms with E-state index in [4.69, 9.17) is 4.42 Å². The van der Waals surface area contributed by atoms with E-state index in [0.29, 0.717) is 17.8 Å². The summed E-state index contributed by atoms with van der Waals surface area (Å²) in [7, 11) is 0. The lowest BCUT2D eigenvalue weighted by atomic mass is 10.2. The molecule has 0 radical (unpaired) electrons. The highest BCUT2D eigenvalue weighted by atomic mass is 16.4. The van der Waals surface area contributed by atoms with Gasteiger partial charge in [0.1, 0.15) is 5.76 Å². The van der Waals surface area contributed by atoms with Gasteiger partial charge in [-0.05, 0) is 50.8 Å². The fourth-order valence-electron chi connectivity index (χ4n) is 3.05. The predicted octanol–water partition coefficient (Wildman–Crippen LogP) is 2.51. The normalized spacial score (nSPS) is 22.2. The molecule has 1 N–H and O–H groups in total. The van der Waals surface area contributed by atoms with Crippen LogP contribution >= 0.6 is 0 Å². The van der Waals surface area contributed by atoms with Crippen LogP contribution in [-0.4, -0.2) is 36.0 Å². The average Bonchev–Trinajstić information content (AvgIpc) is 3.02. The highest BCUT2D eigenvalue weighted by Crippen LogP contribution is 2.30. The summed E-state index contributed by atoms with van der Waals surface area (Å²) in [5.41, 5.74) is 1.09. The van der Waals surface area contributed by atoms with Gasteiger partial charge in [0.05, 0.1) is 0 Å². The van der Waals surface area contributed by atoms with E-state index >= 15 is 0 Å². The molecule has 1 aromatic rings. The van der Waals surface area contributed by atoms with Crippen LogP contribution in [0.15, 0.2) is 10.5 Å². The third-order valence-electron chi connectivity index (χ3n) is 4.38. The molecule has 1 aromatic heterocycles. The zero-order valence-electron chi connectivity index (χ0n) is 12.4. The molecule has 2 aliphatic rings. The van der Waals surface area contributed by atoms with Crippen LogP contribution in [0.1, 0.15) is 54.5 Å². The van der Waals surface area contributed by atoms with Crippen LogP contribution < -0.4 is 5.32 Å². The summed E-state index contributed by atoms with van der Waals surface area (Å²) < 4.78 is 5.74. The van der Waals surface area contributed by atoms with Crippen molar-refractivity contribution < 1.29 is 9.21 Å². The Hall–Kier alpha value is -1.29. The van der Waals surface area contributed by atoms with E-state index in [0.717, 1.165) is 43.7 Å². The lowest BCUT2D eigenvalue weighted by molar-refractivity contribution is 0.0694. The first-order valence-corrected chi connectivity index (χ1v) is 7.82. The van der Waals surface area contributed by atoms with Crippen molar-refractivity contribution in [2.24, 2.45) is 0 Å². The van der Waals surface area contributed by atoms with E-state index in [2.05, 4.69) is 12.2 Å². The lowest BCUT2D eigenvalue weighted by Crippen LogP contribution is -2.42. The number of carbonyl (C=O) groups excluding carboxylic acids is 1. The fourth-order valence-corrected chi connectivity index (χ4v) is 3.05. The standard InChI is InChI=1S/C16H24N2O2/c1-3-14-11(2)9-15(20-14)16(19)18(13-6-7-13)10-12-5-4-8-17-12/h9,12-13,17H,3-8,10H2,1-2H3/t12-/m1/s1. The van der Waals surface area contributed by atoms with Crippen LogP contribution in [0.5, 0.6) is 0 Å². The predicted molar refractivity (Wildman–Crippen MR) is 77.9 cm³/mol. The summed E-state index contributed by atoms with van der Waals surface area (Å²) >= 11 is 0. The summed E-state index contributed by atoms with van der Waals surface area (Å²) in [6.45, 7) is 5.97. The van der Waals surface area contributed by atoms with Gasteiger partial charge >= 0.3 is 0 Å². The third-order valence-corrected chi connectivity index (χ3v) is 4.38. The van der Waals surface area contributed by atoms with Crippen molar-refractivity contribution in [2.45, 2.75) is 58.0 Å². The van der Waals surface area contributed by atoms with E-state index < -0.39 is 0 Å². The molecule has 20 heavy (non-hydrogen) atoms. The van der Waals surface area contributed by atoms with Crippen LogP contribution in [0, 0.1) is 6.92 Å². The van der Waals surface area contributed by atoms with Gasteiger partial charge in [-0.1, -0.05) is 6.92 Å². The Morgan fingerprint density at radius 1 is 1.45 bits per heavy atom. The minimum atomic E-state index is 0.0731. The molecule has 1 saturated carbocycles. The molecule has 4 heteroatoms. The molecule has 2 fully saturated rings. The quantitative estimate of drug-likeness (QED) is 0.898. The van der Waals surface area contributed by atoms with Gasteiger partial charge in [0.2, 0.25) is 0 Å². The number of hydrogen-bond donors (Lipinski definition) is 1. The van der Waals surface area contributed by atoms with Gasteiger partial charge < -0.3 is 14.6 Å². The number of nitrogens with one attached hydrogen (secondary N) is 1. The van der Waals surface area contributed by atoms with Crippen LogP contribution in [0.2, 0.25) is 0 Å². The molecule has 2 heterocycles. The molecule has 110 valence electrons. The molecule has 1 aliphatic heterocycles. The van der Waals surface area contributed by atoms with Crippen molar-refractivity contribution in [2.75, 3.05) is 13.1 Å². The highest BCUT2D eigenvalue weighted by molar-refractivity contribution is 5.92. The largest absolute Gasteiger partial charge is 0.456 e. The summed E-state index contributed by atoms with van der Waals surface area (Å²) in [5, 5.41) is 3.48.